The van der Waals surface area contributed by atoms with Crippen molar-refractivity contribution in [2.45, 2.75) is 26.3 Å². The van der Waals surface area contributed by atoms with Crippen LogP contribution in [0.3, 0.4) is 0 Å². The summed E-state index contributed by atoms with van der Waals surface area (Å²) >= 11 is 0. The van der Waals surface area contributed by atoms with E-state index >= 15 is 0 Å². The number of imidazole rings is 1. The highest BCUT2D eigenvalue weighted by atomic mass is 16.2. The molecule has 1 aromatic heterocycles. The number of amides is 1. The van der Waals surface area contributed by atoms with Crippen LogP contribution >= 0.6 is 0 Å². The second kappa shape index (κ2) is 7.50. The van der Waals surface area contributed by atoms with Gasteiger partial charge in [-0.1, -0.05) is 12.1 Å². The highest BCUT2D eigenvalue weighted by molar-refractivity contribution is 5.76. The van der Waals surface area contributed by atoms with Gasteiger partial charge in [0.2, 0.25) is 5.91 Å². The van der Waals surface area contributed by atoms with Gasteiger partial charge in [0.05, 0.1) is 24.3 Å². The number of hydrogen-bond acceptors (Lipinski definition) is 4. The van der Waals surface area contributed by atoms with E-state index in [2.05, 4.69) is 51.0 Å². The number of nitrogens with one attached hydrogen (secondary N) is 1. The average molecular weight is 353 g/mol. The molecule has 2 aromatic rings. The van der Waals surface area contributed by atoms with Crippen molar-refractivity contribution in [2.75, 3.05) is 44.2 Å². The quantitative estimate of drug-likeness (QED) is 0.911. The number of aryl methyl sites for hydroxylation is 1. The smallest absolute Gasteiger partial charge is 0.224 e. The first kappa shape index (κ1) is 17.1. The van der Waals surface area contributed by atoms with Gasteiger partial charge in [-0.05, 0) is 24.6 Å². The van der Waals surface area contributed by atoms with Crippen molar-refractivity contribution in [3.8, 4) is 0 Å². The lowest BCUT2D eigenvalue weighted by Crippen LogP contribution is -2.47. The Morgan fingerprint density at radius 3 is 2.85 bits per heavy atom. The molecule has 0 saturated carbocycles. The predicted octanol–water partition coefficient (Wildman–Crippen LogP) is 1.82. The first-order chi connectivity index (χ1) is 12.7. The molecule has 1 N–H and O–H groups in total. The van der Waals surface area contributed by atoms with Gasteiger partial charge in [0, 0.05) is 57.8 Å². The second-order valence-corrected chi connectivity index (χ2v) is 7.31. The van der Waals surface area contributed by atoms with Crippen LogP contribution in [0.4, 0.5) is 5.69 Å². The summed E-state index contributed by atoms with van der Waals surface area (Å²) < 4.78 is 0. The summed E-state index contributed by atoms with van der Waals surface area (Å²) in [6, 6.07) is 8.70. The largest absolute Gasteiger partial charge is 0.369 e. The Hall–Kier alpha value is -2.34. The van der Waals surface area contributed by atoms with Gasteiger partial charge in [0.25, 0.3) is 0 Å². The van der Waals surface area contributed by atoms with Gasteiger partial charge in [0.1, 0.15) is 0 Å². The highest BCUT2D eigenvalue weighted by Gasteiger charge is 2.23. The molecular formula is C20H27N5O. The zero-order valence-corrected chi connectivity index (χ0v) is 15.4. The number of H-pyrrole nitrogens is 1. The maximum absolute atomic E-state index is 12.6. The van der Waals surface area contributed by atoms with Crippen LogP contribution in [-0.4, -0.2) is 64.9 Å². The van der Waals surface area contributed by atoms with E-state index < -0.39 is 0 Å². The number of hydrogen-bond donors (Lipinski definition) is 1. The van der Waals surface area contributed by atoms with Crippen molar-refractivity contribution in [3.05, 3.63) is 47.5 Å². The number of nitrogens with zero attached hydrogens (tertiary/aromatic N) is 4. The van der Waals surface area contributed by atoms with E-state index in [9.17, 15) is 4.79 Å². The van der Waals surface area contributed by atoms with Gasteiger partial charge >= 0.3 is 0 Å². The molecule has 0 radical (unpaired) electrons. The van der Waals surface area contributed by atoms with E-state index in [4.69, 9.17) is 0 Å². The Kier molecular flexibility index (Phi) is 4.93. The Bertz CT molecular complexity index is 763. The van der Waals surface area contributed by atoms with Gasteiger partial charge in [-0.25, -0.2) is 4.98 Å². The summed E-state index contributed by atoms with van der Waals surface area (Å²) in [5.74, 6) is 0.256. The van der Waals surface area contributed by atoms with E-state index in [0.29, 0.717) is 13.0 Å². The Morgan fingerprint density at radius 1 is 1.19 bits per heavy atom. The number of fused-ring (bicyclic) bond motifs is 1. The van der Waals surface area contributed by atoms with Crippen molar-refractivity contribution >= 4 is 11.6 Å². The van der Waals surface area contributed by atoms with Crippen LogP contribution in [0.1, 0.15) is 23.4 Å². The van der Waals surface area contributed by atoms with E-state index in [1.165, 1.54) is 11.3 Å². The maximum Gasteiger partial charge on any atom is 0.224 e. The average Bonchev–Trinajstić information content (AvgIpc) is 3.14. The Morgan fingerprint density at radius 2 is 2.04 bits per heavy atom. The first-order valence-corrected chi connectivity index (χ1v) is 9.52. The van der Waals surface area contributed by atoms with Crippen LogP contribution in [0.2, 0.25) is 0 Å². The normalized spacial score (nSPS) is 18.0. The third-order valence-electron chi connectivity index (χ3n) is 5.51. The SMILES string of the molecule is Cc1cccc(N2CCN(CCC(=O)N3CCc4nc[nH]c4C3)CC2)c1. The molecule has 1 fully saturated rings. The van der Waals surface area contributed by atoms with Crippen molar-refractivity contribution in [3.63, 3.8) is 0 Å². The second-order valence-electron chi connectivity index (χ2n) is 7.31. The molecule has 26 heavy (non-hydrogen) atoms. The lowest BCUT2D eigenvalue weighted by Gasteiger charge is -2.36. The minimum Gasteiger partial charge on any atom is -0.369 e. The number of aromatic nitrogens is 2. The van der Waals surface area contributed by atoms with Crippen molar-refractivity contribution in [1.82, 2.24) is 19.8 Å². The fourth-order valence-corrected chi connectivity index (χ4v) is 3.89. The van der Waals surface area contributed by atoms with Crippen LogP contribution in [0, 0.1) is 6.92 Å². The summed E-state index contributed by atoms with van der Waals surface area (Å²) in [7, 11) is 0. The number of anilines is 1. The maximum atomic E-state index is 12.6. The highest BCUT2D eigenvalue weighted by Crippen LogP contribution is 2.19. The van der Waals surface area contributed by atoms with E-state index in [0.717, 1.165) is 57.1 Å². The third-order valence-corrected chi connectivity index (χ3v) is 5.51. The molecule has 1 amide bonds. The molecule has 1 saturated heterocycles. The summed E-state index contributed by atoms with van der Waals surface area (Å²) in [5, 5.41) is 0. The van der Waals surface area contributed by atoms with Gasteiger partial charge in [0.15, 0.2) is 0 Å². The molecule has 0 atom stereocenters. The lowest BCUT2D eigenvalue weighted by molar-refractivity contribution is -0.132. The molecule has 6 nitrogen and oxygen atoms in total. The zero-order valence-electron chi connectivity index (χ0n) is 15.4. The van der Waals surface area contributed by atoms with E-state index in [1.807, 2.05) is 4.90 Å². The summed E-state index contributed by atoms with van der Waals surface area (Å²) in [6.07, 6.45) is 3.19. The number of carbonyl (C=O) groups is 1. The fourth-order valence-electron chi connectivity index (χ4n) is 3.89. The van der Waals surface area contributed by atoms with Crippen molar-refractivity contribution < 1.29 is 4.79 Å². The minimum absolute atomic E-state index is 0.256. The van der Waals surface area contributed by atoms with Crippen LogP contribution in [0.25, 0.3) is 0 Å². The fraction of sp³-hybridized carbons (Fsp3) is 0.500. The molecule has 0 spiro atoms. The van der Waals surface area contributed by atoms with Crippen molar-refractivity contribution in [1.29, 1.82) is 0 Å². The minimum atomic E-state index is 0.256. The molecule has 0 aliphatic carbocycles. The summed E-state index contributed by atoms with van der Waals surface area (Å²) in [4.78, 5) is 26.8. The topological polar surface area (TPSA) is 55.5 Å². The molecule has 1 aromatic carbocycles. The van der Waals surface area contributed by atoms with Crippen LogP contribution in [0.5, 0.6) is 0 Å². The van der Waals surface area contributed by atoms with Crippen LogP contribution in [0.15, 0.2) is 30.6 Å². The Labute approximate surface area is 154 Å². The predicted molar refractivity (Wildman–Crippen MR) is 102 cm³/mol. The molecule has 2 aliphatic rings. The van der Waals surface area contributed by atoms with Crippen LogP contribution in [-0.2, 0) is 17.8 Å². The molecule has 6 heteroatoms. The zero-order chi connectivity index (χ0) is 17.9. The molecule has 0 bridgehead atoms. The van der Waals surface area contributed by atoms with Gasteiger partial charge in [-0.3, -0.25) is 9.69 Å². The number of carbonyl (C=O) groups excluding carboxylic acids is 1. The standard InChI is InChI=1S/C20H27N5O/c1-16-3-2-4-17(13-16)24-11-9-23(10-12-24)7-6-20(26)25-8-5-18-19(14-25)22-15-21-18/h2-4,13,15H,5-12,14H2,1H3,(H,21,22). The number of rotatable bonds is 4. The van der Waals surface area contributed by atoms with Gasteiger partial charge < -0.3 is 14.8 Å². The van der Waals surface area contributed by atoms with Gasteiger partial charge in [-0.2, -0.15) is 0 Å². The van der Waals surface area contributed by atoms with E-state index in [1.54, 1.807) is 6.33 Å². The summed E-state index contributed by atoms with van der Waals surface area (Å²) in [5.41, 5.74) is 4.82. The van der Waals surface area contributed by atoms with E-state index in [-0.39, 0.29) is 5.91 Å². The van der Waals surface area contributed by atoms with Crippen LogP contribution < -0.4 is 4.90 Å². The first-order valence-electron chi connectivity index (χ1n) is 9.52. The lowest BCUT2D eigenvalue weighted by atomic mass is 10.1. The monoisotopic (exact) mass is 353 g/mol. The van der Waals surface area contributed by atoms with Crippen molar-refractivity contribution in [2.24, 2.45) is 0 Å². The summed E-state index contributed by atoms with van der Waals surface area (Å²) in [6.45, 7) is 8.55. The molecule has 4 rings (SSSR count). The molecular weight excluding hydrogens is 326 g/mol. The number of benzene rings is 1. The number of aromatic amines is 1. The molecule has 2 aliphatic heterocycles. The molecule has 138 valence electrons. The third kappa shape index (κ3) is 3.75. The number of piperazine rings is 1. The van der Waals surface area contributed by atoms with Gasteiger partial charge in [-0.15, -0.1) is 0 Å². The Balaban J connectivity index is 1.23. The molecule has 0 unspecified atom stereocenters. The molecule has 3 heterocycles.